The molecule has 0 unspecified atom stereocenters. The molecule has 0 radical (unpaired) electrons. The van der Waals surface area contributed by atoms with Gasteiger partial charge in [-0.2, -0.15) is 0 Å². The summed E-state index contributed by atoms with van der Waals surface area (Å²) in [5.74, 6) is -0.592. The van der Waals surface area contributed by atoms with Crippen molar-refractivity contribution in [2.24, 2.45) is 18.4 Å². The van der Waals surface area contributed by atoms with Crippen LogP contribution in [0.3, 0.4) is 0 Å². The fourth-order valence-electron chi connectivity index (χ4n) is 7.16. The lowest BCUT2D eigenvalue weighted by molar-refractivity contribution is -0.162. The molecule has 3 heterocycles. The molecule has 0 bridgehead atoms. The van der Waals surface area contributed by atoms with Crippen LogP contribution in [0, 0.1) is 11.3 Å². The normalized spacial score (nSPS) is 26.3. The third-order valence-corrected chi connectivity index (χ3v) is 10.0. The number of carboxylic acid groups (broad SMARTS) is 1. The third-order valence-electron chi connectivity index (χ3n) is 9.69. The van der Waals surface area contributed by atoms with Crippen molar-refractivity contribution in [3.05, 3.63) is 39.7 Å². The minimum absolute atomic E-state index is 0.0655. The Hall–Kier alpha value is -3.14. The van der Waals surface area contributed by atoms with E-state index in [1.807, 2.05) is 33.7 Å². The molecule has 1 aromatic heterocycles. The maximum absolute atomic E-state index is 14.3. The van der Waals surface area contributed by atoms with Crippen LogP contribution in [-0.4, -0.2) is 67.3 Å². The average Bonchev–Trinajstić information content (AvgIpc) is 3.61. The van der Waals surface area contributed by atoms with E-state index >= 15 is 0 Å². The number of fused-ring (bicyclic) bond motifs is 1. The number of hydrogen-bond acceptors (Lipinski definition) is 6. The van der Waals surface area contributed by atoms with Gasteiger partial charge < -0.3 is 19.6 Å². The predicted molar refractivity (Wildman–Crippen MR) is 150 cm³/mol. The molecule has 6 rings (SSSR count). The lowest BCUT2D eigenvalue weighted by atomic mass is 9.66. The molecule has 3 fully saturated rings. The minimum Gasteiger partial charge on any atom is -0.487 e. The SMILES string of the molecule is Cn1nnc(COc2ccc(Cl)c3c2[C@@H](CN2CCCC2=O)N(C(=O)[C@@H]2CCCC[C@]2(C)C(=O)O)CC3)c1C1CC1. The Morgan fingerprint density at radius 1 is 1.15 bits per heavy atom. The van der Waals surface area contributed by atoms with Crippen molar-refractivity contribution in [1.29, 1.82) is 0 Å². The average molecular weight is 584 g/mol. The van der Waals surface area contributed by atoms with Crippen molar-refractivity contribution < 1.29 is 24.2 Å². The Morgan fingerprint density at radius 3 is 2.66 bits per heavy atom. The van der Waals surface area contributed by atoms with Gasteiger partial charge in [-0.25, -0.2) is 0 Å². The number of nitrogens with zero attached hydrogens (tertiary/aromatic N) is 5. The Labute approximate surface area is 245 Å². The smallest absolute Gasteiger partial charge is 0.310 e. The number of rotatable bonds is 8. The number of carbonyl (C=O) groups is 3. The molecule has 2 aliphatic carbocycles. The summed E-state index contributed by atoms with van der Waals surface area (Å²) in [5.41, 5.74) is 2.49. The van der Waals surface area contributed by atoms with E-state index < -0.39 is 23.3 Å². The van der Waals surface area contributed by atoms with Crippen LogP contribution in [0.4, 0.5) is 0 Å². The van der Waals surface area contributed by atoms with E-state index in [1.165, 1.54) is 0 Å². The topological polar surface area (TPSA) is 118 Å². The molecule has 1 N–H and O–H groups in total. The molecule has 2 amide bonds. The van der Waals surface area contributed by atoms with Gasteiger partial charge in [-0.15, -0.1) is 5.10 Å². The zero-order chi connectivity index (χ0) is 28.9. The van der Waals surface area contributed by atoms with E-state index in [1.54, 1.807) is 6.92 Å². The summed E-state index contributed by atoms with van der Waals surface area (Å²) in [4.78, 5) is 43.1. The van der Waals surface area contributed by atoms with Gasteiger partial charge in [-0.3, -0.25) is 19.1 Å². The predicted octanol–water partition coefficient (Wildman–Crippen LogP) is 4.25. The van der Waals surface area contributed by atoms with E-state index in [0.717, 1.165) is 54.6 Å². The molecule has 3 atom stereocenters. The third kappa shape index (κ3) is 5.08. The van der Waals surface area contributed by atoms with Crippen LogP contribution < -0.4 is 4.74 Å². The number of likely N-dealkylation sites (tertiary alicyclic amines) is 1. The molecule has 0 spiro atoms. The highest BCUT2D eigenvalue weighted by Gasteiger charge is 2.50. The number of aliphatic carboxylic acids is 1. The van der Waals surface area contributed by atoms with Crippen molar-refractivity contribution in [2.45, 2.75) is 83.3 Å². The van der Waals surface area contributed by atoms with Crippen LogP contribution in [0.1, 0.15) is 92.8 Å². The van der Waals surface area contributed by atoms with Crippen LogP contribution in [0.15, 0.2) is 12.1 Å². The first-order chi connectivity index (χ1) is 19.7. The van der Waals surface area contributed by atoms with Crippen molar-refractivity contribution in [3.8, 4) is 5.75 Å². The van der Waals surface area contributed by atoms with Gasteiger partial charge in [0, 0.05) is 49.6 Å². The van der Waals surface area contributed by atoms with Crippen molar-refractivity contribution in [3.63, 3.8) is 0 Å². The number of carboxylic acids is 1. The molecule has 220 valence electrons. The fourth-order valence-corrected chi connectivity index (χ4v) is 7.42. The number of halogens is 1. The second kappa shape index (κ2) is 10.9. The second-order valence-corrected chi connectivity index (χ2v) is 12.7. The monoisotopic (exact) mass is 583 g/mol. The molecule has 10 nitrogen and oxygen atoms in total. The molecule has 1 aromatic carbocycles. The Kier molecular flexibility index (Phi) is 7.46. The highest BCUT2D eigenvalue weighted by molar-refractivity contribution is 6.31. The highest BCUT2D eigenvalue weighted by atomic mass is 35.5. The molecule has 1 saturated heterocycles. The lowest BCUT2D eigenvalue weighted by Gasteiger charge is -2.45. The summed E-state index contributed by atoms with van der Waals surface area (Å²) in [6.07, 6.45) is 6.64. The number of carbonyl (C=O) groups excluding carboxylic acids is 2. The second-order valence-electron chi connectivity index (χ2n) is 12.3. The molecule has 2 saturated carbocycles. The maximum Gasteiger partial charge on any atom is 0.310 e. The molecular weight excluding hydrogens is 546 g/mol. The van der Waals surface area contributed by atoms with Gasteiger partial charge in [-0.05, 0) is 63.1 Å². The highest BCUT2D eigenvalue weighted by Crippen LogP contribution is 2.47. The Balaban J connectivity index is 1.36. The van der Waals surface area contributed by atoms with Gasteiger partial charge in [0.2, 0.25) is 11.8 Å². The van der Waals surface area contributed by atoms with Crippen molar-refractivity contribution >= 4 is 29.4 Å². The maximum atomic E-state index is 14.3. The van der Waals surface area contributed by atoms with E-state index in [2.05, 4.69) is 10.3 Å². The van der Waals surface area contributed by atoms with E-state index in [9.17, 15) is 19.5 Å². The van der Waals surface area contributed by atoms with E-state index in [0.29, 0.717) is 62.0 Å². The number of aromatic nitrogens is 3. The van der Waals surface area contributed by atoms with E-state index in [4.69, 9.17) is 16.3 Å². The van der Waals surface area contributed by atoms with Crippen LogP contribution in [0.2, 0.25) is 5.02 Å². The molecule has 2 aromatic rings. The number of amides is 2. The van der Waals surface area contributed by atoms with Crippen LogP contribution in [0.5, 0.6) is 5.75 Å². The first kappa shape index (κ1) is 28.0. The summed E-state index contributed by atoms with van der Waals surface area (Å²) >= 11 is 6.74. The number of ether oxygens (including phenoxy) is 1. The Bertz CT molecular complexity index is 1370. The molecule has 2 aliphatic heterocycles. The first-order valence-electron chi connectivity index (χ1n) is 14.8. The van der Waals surface area contributed by atoms with Crippen LogP contribution in [-0.2, 0) is 34.5 Å². The van der Waals surface area contributed by atoms with Crippen molar-refractivity contribution in [2.75, 3.05) is 19.6 Å². The minimum atomic E-state index is -1.12. The van der Waals surface area contributed by atoms with Crippen molar-refractivity contribution in [1.82, 2.24) is 24.8 Å². The lowest BCUT2D eigenvalue weighted by Crippen LogP contribution is -2.52. The zero-order valence-corrected chi connectivity index (χ0v) is 24.5. The standard InChI is InChI=1S/C30H38ClN5O5/c1-30(29(39)40)13-4-3-6-20(30)28(38)36-15-12-19-21(31)10-11-24(26(19)23(36)16-35-14-5-7-25(35)37)41-17-22-27(18-8-9-18)34(2)33-32-22/h10-11,18,20,23H,3-9,12-17H2,1-2H3,(H,39,40)/t20-,23+,30-/m0/s1. The summed E-state index contributed by atoms with van der Waals surface area (Å²) in [6, 6.07) is 3.17. The zero-order valence-electron chi connectivity index (χ0n) is 23.8. The van der Waals surface area contributed by atoms with Gasteiger partial charge in [0.15, 0.2) is 0 Å². The van der Waals surface area contributed by atoms with Crippen LogP contribution in [0.25, 0.3) is 0 Å². The number of aryl methyl sites for hydroxylation is 1. The fraction of sp³-hybridized carbons (Fsp3) is 0.633. The van der Waals surface area contributed by atoms with Crippen LogP contribution >= 0.6 is 11.6 Å². The van der Waals surface area contributed by atoms with Gasteiger partial charge >= 0.3 is 5.97 Å². The molecule has 11 heteroatoms. The quantitative estimate of drug-likeness (QED) is 0.493. The Morgan fingerprint density at radius 2 is 1.95 bits per heavy atom. The molecule has 4 aliphatic rings. The summed E-state index contributed by atoms with van der Waals surface area (Å²) in [5, 5.41) is 19.3. The van der Waals surface area contributed by atoms with Gasteiger partial charge in [0.05, 0.1) is 23.1 Å². The number of hydrogen-bond donors (Lipinski definition) is 1. The van der Waals surface area contributed by atoms with Gasteiger partial charge in [0.25, 0.3) is 0 Å². The van der Waals surface area contributed by atoms with Gasteiger partial charge in [0.1, 0.15) is 18.1 Å². The molecular formula is C30H38ClN5O5. The molecule has 41 heavy (non-hydrogen) atoms. The number of benzene rings is 1. The summed E-state index contributed by atoms with van der Waals surface area (Å²) in [6.45, 7) is 3.30. The van der Waals surface area contributed by atoms with Gasteiger partial charge in [-0.1, -0.05) is 29.7 Å². The first-order valence-corrected chi connectivity index (χ1v) is 15.2. The summed E-state index contributed by atoms with van der Waals surface area (Å²) in [7, 11) is 1.90. The largest absolute Gasteiger partial charge is 0.487 e. The summed E-state index contributed by atoms with van der Waals surface area (Å²) < 4.78 is 8.26. The van der Waals surface area contributed by atoms with E-state index in [-0.39, 0.29) is 18.4 Å².